The monoisotopic (exact) mass is 316 g/mol. The van der Waals surface area contributed by atoms with E-state index in [1.165, 1.54) is 22.2 Å². The molecule has 1 aromatic carbocycles. The lowest BCUT2D eigenvalue weighted by atomic mass is 9.74. The van der Waals surface area contributed by atoms with Gasteiger partial charge in [-0.05, 0) is 43.9 Å². The summed E-state index contributed by atoms with van der Waals surface area (Å²) >= 11 is 0. The van der Waals surface area contributed by atoms with E-state index in [-0.39, 0.29) is 0 Å². The van der Waals surface area contributed by atoms with Crippen LogP contribution in [-0.4, -0.2) is 31.5 Å². The number of fused-ring (bicyclic) bond motifs is 1. The highest BCUT2D eigenvalue weighted by Gasteiger charge is 2.38. The lowest BCUT2D eigenvalue weighted by Crippen LogP contribution is -2.40. The molecule has 1 unspecified atom stereocenters. The highest BCUT2D eigenvalue weighted by molar-refractivity contribution is 5.85. The SMILES string of the molecule is COC1(OC)CCC(C(CN)c2c(C)[nH]c3ccccc23)CC1. The number of H-pyrrole nitrogens is 1. The Labute approximate surface area is 138 Å². The van der Waals surface area contributed by atoms with Gasteiger partial charge < -0.3 is 20.2 Å². The summed E-state index contributed by atoms with van der Waals surface area (Å²) in [6.07, 6.45) is 4.04. The number of hydrogen-bond donors (Lipinski definition) is 2. The third kappa shape index (κ3) is 2.91. The Bertz CT molecular complexity index is 650. The number of rotatable bonds is 5. The molecule has 0 saturated heterocycles. The number of para-hydroxylation sites is 1. The first kappa shape index (κ1) is 16.5. The van der Waals surface area contributed by atoms with Gasteiger partial charge >= 0.3 is 0 Å². The normalized spacial score (nSPS) is 20.0. The Hall–Kier alpha value is -1.36. The number of benzene rings is 1. The fourth-order valence-corrected chi connectivity index (χ4v) is 4.30. The van der Waals surface area contributed by atoms with Gasteiger partial charge in [-0.25, -0.2) is 0 Å². The van der Waals surface area contributed by atoms with Crippen molar-refractivity contribution in [2.24, 2.45) is 11.7 Å². The van der Waals surface area contributed by atoms with Crippen LogP contribution in [0.4, 0.5) is 0 Å². The molecule has 126 valence electrons. The molecule has 1 atom stereocenters. The van der Waals surface area contributed by atoms with Crippen molar-refractivity contribution < 1.29 is 9.47 Å². The summed E-state index contributed by atoms with van der Waals surface area (Å²) in [5.74, 6) is 0.569. The Balaban J connectivity index is 1.87. The van der Waals surface area contributed by atoms with Crippen LogP contribution in [0.15, 0.2) is 24.3 Å². The molecular formula is C19H28N2O2. The van der Waals surface area contributed by atoms with Gasteiger partial charge in [0.25, 0.3) is 0 Å². The summed E-state index contributed by atoms with van der Waals surface area (Å²) in [6, 6.07) is 8.52. The second-order valence-electron chi connectivity index (χ2n) is 6.71. The highest BCUT2D eigenvalue weighted by atomic mass is 16.7. The van der Waals surface area contributed by atoms with Crippen LogP contribution in [0, 0.1) is 12.8 Å². The fourth-order valence-electron chi connectivity index (χ4n) is 4.30. The van der Waals surface area contributed by atoms with Crippen LogP contribution >= 0.6 is 0 Å². The first-order chi connectivity index (χ1) is 11.1. The predicted octanol–water partition coefficient (Wildman–Crippen LogP) is 3.70. The zero-order valence-electron chi connectivity index (χ0n) is 14.4. The van der Waals surface area contributed by atoms with E-state index in [1.807, 2.05) is 0 Å². The van der Waals surface area contributed by atoms with Crippen LogP contribution in [-0.2, 0) is 9.47 Å². The summed E-state index contributed by atoms with van der Waals surface area (Å²) in [5, 5.41) is 1.32. The molecule has 4 nitrogen and oxygen atoms in total. The summed E-state index contributed by atoms with van der Waals surface area (Å²) < 4.78 is 11.2. The minimum absolute atomic E-state index is 0.387. The van der Waals surface area contributed by atoms with E-state index < -0.39 is 5.79 Å². The molecular weight excluding hydrogens is 288 g/mol. The van der Waals surface area contributed by atoms with E-state index in [0.717, 1.165) is 25.7 Å². The molecule has 0 spiro atoms. The van der Waals surface area contributed by atoms with Crippen molar-refractivity contribution in [2.45, 2.75) is 44.3 Å². The van der Waals surface area contributed by atoms with Crippen molar-refractivity contribution in [3.05, 3.63) is 35.5 Å². The molecule has 1 aliphatic rings. The molecule has 1 aromatic heterocycles. The molecule has 1 saturated carbocycles. The molecule has 0 bridgehead atoms. The smallest absolute Gasteiger partial charge is 0.167 e. The van der Waals surface area contributed by atoms with Crippen LogP contribution < -0.4 is 5.73 Å². The zero-order valence-corrected chi connectivity index (χ0v) is 14.4. The van der Waals surface area contributed by atoms with Gasteiger partial charge in [0.15, 0.2) is 5.79 Å². The Morgan fingerprint density at radius 2 is 1.87 bits per heavy atom. The summed E-state index contributed by atoms with van der Waals surface area (Å²) in [5.41, 5.74) is 10.1. The van der Waals surface area contributed by atoms with E-state index in [0.29, 0.717) is 18.4 Å². The fraction of sp³-hybridized carbons (Fsp3) is 0.579. The number of aromatic amines is 1. The maximum Gasteiger partial charge on any atom is 0.167 e. The standard InChI is InChI=1S/C19H28N2O2/c1-13-18(15-6-4-5-7-17(15)21-13)16(12-20)14-8-10-19(22-2,23-3)11-9-14/h4-7,14,16,21H,8-12,20H2,1-3H3. The Morgan fingerprint density at radius 1 is 1.22 bits per heavy atom. The van der Waals surface area contributed by atoms with Crippen LogP contribution in [0.3, 0.4) is 0 Å². The van der Waals surface area contributed by atoms with Gasteiger partial charge in [0, 0.05) is 49.6 Å². The second kappa shape index (κ2) is 6.63. The number of aryl methyl sites for hydroxylation is 1. The van der Waals surface area contributed by atoms with Gasteiger partial charge in [0.05, 0.1) is 0 Å². The number of nitrogens with one attached hydrogen (secondary N) is 1. The van der Waals surface area contributed by atoms with Crippen molar-refractivity contribution in [2.75, 3.05) is 20.8 Å². The molecule has 3 N–H and O–H groups in total. The molecule has 1 aliphatic carbocycles. The largest absolute Gasteiger partial charge is 0.358 e. The van der Waals surface area contributed by atoms with E-state index in [4.69, 9.17) is 15.2 Å². The van der Waals surface area contributed by atoms with Crippen LogP contribution in [0.2, 0.25) is 0 Å². The third-order valence-electron chi connectivity index (χ3n) is 5.67. The van der Waals surface area contributed by atoms with Crippen molar-refractivity contribution >= 4 is 10.9 Å². The first-order valence-corrected chi connectivity index (χ1v) is 8.51. The molecule has 3 rings (SSSR count). The molecule has 0 radical (unpaired) electrons. The predicted molar refractivity (Wildman–Crippen MR) is 93.5 cm³/mol. The second-order valence-corrected chi connectivity index (χ2v) is 6.71. The van der Waals surface area contributed by atoms with Crippen LogP contribution in [0.5, 0.6) is 0 Å². The van der Waals surface area contributed by atoms with E-state index in [9.17, 15) is 0 Å². The average Bonchev–Trinajstić information content (AvgIpc) is 2.93. The maximum atomic E-state index is 6.21. The number of methoxy groups -OCH3 is 2. The molecule has 1 fully saturated rings. The molecule has 4 heteroatoms. The van der Waals surface area contributed by atoms with Crippen molar-refractivity contribution in [3.63, 3.8) is 0 Å². The third-order valence-corrected chi connectivity index (χ3v) is 5.67. The zero-order chi connectivity index (χ0) is 16.4. The van der Waals surface area contributed by atoms with Crippen molar-refractivity contribution in [1.29, 1.82) is 0 Å². The molecule has 0 amide bonds. The van der Waals surface area contributed by atoms with Gasteiger partial charge in [-0.2, -0.15) is 0 Å². The number of ether oxygens (including phenoxy) is 2. The molecule has 23 heavy (non-hydrogen) atoms. The Morgan fingerprint density at radius 3 is 2.48 bits per heavy atom. The molecule has 2 aromatic rings. The van der Waals surface area contributed by atoms with Crippen LogP contribution in [0.1, 0.15) is 42.9 Å². The summed E-state index contributed by atoms with van der Waals surface area (Å²) in [4.78, 5) is 3.51. The molecule has 0 aliphatic heterocycles. The number of hydrogen-bond acceptors (Lipinski definition) is 3. The average molecular weight is 316 g/mol. The van der Waals surface area contributed by atoms with Gasteiger partial charge in [-0.1, -0.05) is 18.2 Å². The highest BCUT2D eigenvalue weighted by Crippen LogP contribution is 2.43. The maximum absolute atomic E-state index is 6.21. The van der Waals surface area contributed by atoms with Gasteiger partial charge in [0.2, 0.25) is 0 Å². The lowest BCUT2D eigenvalue weighted by molar-refractivity contribution is -0.228. The minimum Gasteiger partial charge on any atom is -0.358 e. The quantitative estimate of drug-likeness (QED) is 0.827. The number of aromatic nitrogens is 1. The van der Waals surface area contributed by atoms with Gasteiger partial charge in [-0.15, -0.1) is 0 Å². The van der Waals surface area contributed by atoms with Gasteiger partial charge in [-0.3, -0.25) is 0 Å². The topological polar surface area (TPSA) is 60.3 Å². The van der Waals surface area contributed by atoms with E-state index >= 15 is 0 Å². The van der Waals surface area contributed by atoms with Crippen molar-refractivity contribution in [3.8, 4) is 0 Å². The van der Waals surface area contributed by atoms with E-state index in [1.54, 1.807) is 14.2 Å². The van der Waals surface area contributed by atoms with E-state index in [2.05, 4.69) is 36.2 Å². The lowest BCUT2D eigenvalue weighted by Gasteiger charge is -2.40. The van der Waals surface area contributed by atoms with Gasteiger partial charge in [0.1, 0.15) is 0 Å². The minimum atomic E-state index is -0.398. The summed E-state index contributed by atoms with van der Waals surface area (Å²) in [7, 11) is 3.49. The van der Waals surface area contributed by atoms with Crippen molar-refractivity contribution in [1.82, 2.24) is 4.98 Å². The summed E-state index contributed by atoms with van der Waals surface area (Å²) in [6.45, 7) is 2.84. The number of nitrogens with two attached hydrogens (primary N) is 1. The Kier molecular flexibility index (Phi) is 4.76. The van der Waals surface area contributed by atoms with Crippen LogP contribution in [0.25, 0.3) is 10.9 Å². The first-order valence-electron chi connectivity index (χ1n) is 8.51. The molecule has 1 heterocycles.